The van der Waals surface area contributed by atoms with E-state index >= 15 is 0 Å². The Morgan fingerprint density at radius 3 is 2.83 bits per heavy atom. The highest BCUT2D eigenvalue weighted by atomic mass is 16.5. The second kappa shape index (κ2) is 9.43. The van der Waals surface area contributed by atoms with E-state index in [4.69, 9.17) is 14.2 Å². The minimum atomic E-state index is -0.113. The minimum Gasteiger partial charge on any atom is -0.489 e. The van der Waals surface area contributed by atoms with Gasteiger partial charge in [0.1, 0.15) is 18.1 Å². The number of carbonyl (C=O) groups is 1. The first-order valence-electron chi connectivity index (χ1n) is 11.8. The molecule has 1 amide bonds. The molecule has 1 aliphatic heterocycles. The lowest BCUT2D eigenvalue weighted by molar-refractivity contribution is 0.0964. The van der Waals surface area contributed by atoms with Crippen LogP contribution in [0.5, 0.6) is 23.0 Å². The zero-order valence-corrected chi connectivity index (χ0v) is 20.4. The summed E-state index contributed by atoms with van der Waals surface area (Å²) >= 11 is 0. The van der Waals surface area contributed by atoms with Crippen LogP contribution >= 0.6 is 0 Å². The summed E-state index contributed by atoms with van der Waals surface area (Å²) in [5, 5.41) is 5.44. The first-order chi connectivity index (χ1) is 17.0. The lowest BCUT2D eigenvalue weighted by atomic mass is 10.0. The molecule has 35 heavy (non-hydrogen) atoms. The third-order valence-corrected chi connectivity index (χ3v) is 6.52. The van der Waals surface area contributed by atoms with Gasteiger partial charge in [0.05, 0.1) is 17.5 Å². The van der Waals surface area contributed by atoms with Crippen molar-refractivity contribution in [3.8, 4) is 23.0 Å². The van der Waals surface area contributed by atoms with Crippen molar-refractivity contribution < 1.29 is 19.0 Å². The highest BCUT2D eigenvalue weighted by molar-refractivity contribution is 6.07. The van der Waals surface area contributed by atoms with Crippen molar-refractivity contribution in [3.05, 3.63) is 65.9 Å². The quantitative estimate of drug-likeness (QED) is 0.417. The van der Waals surface area contributed by atoms with Crippen LogP contribution < -0.4 is 19.5 Å². The van der Waals surface area contributed by atoms with Gasteiger partial charge in [0, 0.05) is 42.9 Å². The molecule has 1 aromatic heterocycles. The Morgan fingerprint density at radius 1 is 1.17 bits per heavy atom. The molecular weight excluding hydrogens is 442 g/mol. The summed E-state index contributed by atoms with van der Waals surface area (Å²) in [4.78, 5) is 19.0. The van der Waals surface area contributed by atoms with E-state index in [1.54, 1.807) is 13.2 Å². The Labute approximate surface area is 204 Å². The number of fused-ring (bicyclic) bond motifs is 4. The zero-order valence-electron chi connectivity index (χ0n) is 20.4. The molecule has 0 unspecified atom stereocenters. The van der Waals surface area contributed by atoms with E-state index in [-0.39, 0.29) is 11.9 Å². The number of nitrogens with one attached hydrogen (secondary N) is 1. The van der Waals surface area contributed by atoms with Gasteiger partial charge in [0.25, 0.3) is 5.91 Å². The third-order valence-electron chi connectivity index (χ3n) is 6.52. The van der Waals surface area contributed by atoms with Crippen molar-refractivity contribution in [2.45, 2.75) is 19.4 Å². The molecule has 2 heterocycles. The van der Waals surface area contributed by atoms with Crippen molar-refractivity contribution >= 4 is 27.6 Å². The molecule has 1 atom stereocenters. The van der Waals surface area contributed by atoms with Crippen LogP contribution in [0.3, 0.4) is 0 Å². The highest BCUT2D eigenvalue weighted by Crippen LogP contribution is 2.44. The fraction of sp³-hybridized carbons (Fsp3) is 0.286. The van der Waals surface area contributed by atoms with Gasteiger partial charge in [-0.25, -0.2) is 0 Å². The van der Waals surface area contributed by atoms with Crippen LogP contribution in [0.1, 0.15) is 22.8 Å². The van der Waals surface area contributed by atoms with Crippen LogP contribution in [0.2, 0.25) is 0 Å². The maximum absolute atomic E-state index is 12.2. The fourth-order valence-electron chi connectivity index (χ4n) is 4.31. The van der Waals surface area contributed by atoms with Crippen molar-refractivity contribution in [2.24, 2.45) is 0 Å². The maximum Gasteiger partial charge on any atom is 0.251 e. The number of hydrogen-bond donors (Lipinski definition) is 1. The summed E-state index contributed by atoms with van der Waals surface area (Å²) in [7, 11) is 5.70. The SMILES string of the molecule is CNC(=O)c1cccc2cc(Oc3ccnc4cc(OC[C@@H](C)N(C)C)c5c(c34)CCO5)ccc12. The van der Waals surface area contributed by atoms with Crippen LogP contribution in [-0.2, 0) is 6.42 Å². The van der Waals surface area contributed by atoms with Gasteiger partial charge in [-0.1, -0.05) is 12.1 Å². The molecule has 5 rings (SSSR count). The van der Waals surface area contributed by atoms with E-state index in [2.05, 4.69) is 22.1 Å². The number of pyridine rings is 1. The van der Waals surface area contributed by atoms with Gasteiger partial charge in [0.2, 0.25) is 0 Å². The largest absolute Gasteiger partial charge is 0.489 e. The highest BCUT2D eigenvalue weighted by Gasteiger charge is 2.25. The number of aromatic nitrogens is 1. The van der Waals surface area contributed by atoms with Gasteiger partial charge in [0.15, 0.2) is 11.5 Å². The van der Waals surface area contributed by atoms with Crippen molar-refractivity contribution in [1.82, 2.24) is 15.2 Å². The van der Waals surface area contributed by atoms with Gasteiger partial charge in [-0.3, -0.25) is 9.78 Å². The Kier molecular flexibility index (Phi) is 6.17. The standard InChI is InChI=1S/C28H29N3O4/c1-17(31(3)4)16-34-25-15-23-26(22-11-13-33-27(22)25)24(10-12-30-23)35-19-8-9-20-18(14-19)6-5-7-21(20)28(32)29-2/h5-10,12,14-15,17H,11,13,16H2,1-4H3,(H,29,32)/t17-/m1/s1. The lowest BCUT2D eigenvalue weighted by Gasteiger charge is -2.21. The van der Waals surface area contributed by atoms with Gasteiger partial charge in [-0.15, -0.1) is 0 Å². The smallest absolute Gasteiger partial charge is 0.251 e. The molecule has 3 aromatic carbocycles. The molecule has 0 fully saturated rings. The zero-order chi connectivity index (χ0) is 24.5. The number of benzene rings is 3. The topological polar surface area (TPSA) is 72.9 Å². The number of ether oxygens (including phenoxy) is 3. The minimum absolute atomic E-state index is 0.113. The monoisotopic (exact) mass is 471 g/mol. The van der Waals surface area contributed by atoms with Crippen LogP contribution in [0.25, 0.3) is 21.7 Å². The average Bonchev–Trinajstić information content (AvgIpc) is 3.36. The van der Waals surface area contributed by atoms with Crippen LogP contribution in [0, 0.1) is 0 Å². The first kappa shape index (κ1) is 22.9. The maximum atomic E-state index is 12.2. The van der Waals surface area contributed by atoms with Crippen molar-refractivity contribution in [1.29, 1.82) is 0 Å². The van der Waals surface area contributed by atoms with E-state index in [0.717, 1.165) is 45.2 Å². The molecule has 180 valence electrons. The Hall–Kier alpha value is -3.84. The van der Waals surface area contributed by atoms with Crippen molar-refractivity contribution in [3.63, 3.8) is 0 Å². The van der Waals surface area contributed by atoms with E-state index in [0.29, 0.717) is 30.3 Å². The molecule has 0 aliphatic carbocycles. The molecule has 1 aliphatic rings. The second-order valence-electron chi connectivity index (χ2n) is 8.98. The predicted octanol–water partition coefficient (Wildman–Crippen LogP) is 4.80. The summed E-state index contributed by atoms with van der Waals surface area (Å²) < 4.78 is 18.5. The summed E-state index contributed by atoms with van der Waals surface area (Å²) in [5.74, 6) is 2.78. The molecular formula is C28H29N3O4. The molecule has 7 heteroatoms. The molecule has 0 saturated carbocycles. The second-order valence-corrected chi connectivity index (χ2v) is 8.98. The van der Waals surface area contributed by atoms with E-state index in [9.17, 15) is 4.79 Å². The lowest BCUT2D eigenvalue weighted by Crippen LogP contribution is -2.30. The number of amides is 1. The number of rotatable bonds is 7. The van der Waals surface area contributed by atoms with E-state index < -0.39 is 0 Å². The van der Waals surface area contributed by atoms with Gasteiger partial charge >= 0.3 is 0 Å². The van der Waals surface area contributed by atoms with Gasteiger partial charge in [-0.05, 0) is 62.1 Å². The summed E-state index contributed by atoms with van der Waals surface area (Å²) in [6, 6.07) is 15.5. The number of nitrogens with zero attached hydrogens (tertiary/aromatic N) is 2. The number of carbonyl (C=O) groups excluding carboxylic acids is 1. The Bertz CT molecular complexity index is 1420. The molecule has 7 nitrogen and oxygen atoms in total. The molecule has 0 saturated heterocycles. The van der Waals surface area contributed by atoms with Crippen LogP contribution in [0.4, 0.5) is 0 Å². The number of likely N-dealkylation sites (N-methyl/N-ethyl adjacent to an activating group) is 1. The van der Waals surface area contributed by atoms with E-state index in [1.807, 2.05) is 62.6 Å². The first-order valence-corrected chi connectivity index (χ1v) is 11.8. The predicted molar refractivity (Wildman–Crippen MR) is 137 cm³/mol. The molecule has 4 aromatic rings. The molecule has 0 spiro atoms. The van der Waals surface area contributed by atoms with Gasteiger partial charge in [-0.2, -0.15) is 0 Å². The molecule has 0 radical (unpaired) electrons. The Morgan fingerprint density at radius 2 is 2.03 bits per heavy atom. The summed E-state index contributed by atoms with van der Waals surface area (Å²) in [5.41, 5.74) is 2.50. The molecule has 1 N–H and O–H groups in total. The number of hydrogen-bond acceptors (Lipinski definition) is 6. The third kappa shape index (κ3) is 4.35. The average molecular weight is 472 g/mol. The summed E-state index contributed by atoms with van der Waals surface area (Å²) in [6.07, 6.45) is 2.51. The van der Waals surface area contributed by atoms with Crippen LogP contribution in [0.15, 0.2) is 54.7 Å². The van der Waals surface area contributed by atoms with Crippen molar-refractivity contribution in [2.75, 3.05) is 34.4 Å². The van der Waals surface area contributed by atoms with Crippen LogP contribution in [-0.4, -0.2) is 56.2 Å². The fourth-order valence-corrected chi connectivity index (χ4v) is 4.31. The normalized spacial score (nSPS) is 13.5. The van der Waals surface area contributed by atoms with E-state index in [1.165, 1.54) is 0 Å². The Balaban J connectivity index is 1.51. The molecule has 0 bridgehead atoms. The summed E-state index contributed by atoms with van der Waals surface area (Å²) in [6.45, 7) is 3.27. The van der Waals surface area contributed by atoms with Gasteiger partial charge < -0.3 is 24.4 Å².